The van der Waals surface area contributed by atoms with Crippen LogP contribution in [0.1, 0.15) is 38.3 Å². The van der Waals surface area contributed by atoms with Crippen molar-refractivity contribution in [1.82, 2.24) is 0 Å². The van der Waals surface area contributed by atoms with Gasteiger partial charge in [-0.3, -0.25) is 0 Å². The summed E-state index contributed by atoms with van der Waals surface area (Å²) in [5.74, 6) is -0.0820. The lowest BCUT2D eigenvalue weighted by Gasteiger charge is -2.59. The topological polar surface area (TPSA) is 26.3 Å². The quantitative estimate of drug-likeness (QED) is 0.455. The Morgan fingerprint density at radius 2 is 2.14 bits per heavy atom. The summed E-state index contributed by atoms with van der Waals surface area (Å²) in [7, 11) is 2.17. The molecule has 0 saturated carbocycles. The molecule has 21 heavy (non-hydrogen) atoms. The Morgan fingerprint density at radius 3 is 2.62 bits per heavy atom. The molecule has 0 amide bonds. The van der Waals surface area contributed by atoms with Gasteiger partial charge in [0.2, 0.25) is 5.54 Å². The normalized spacial score (nSPS) is 29.3. The molecule has 114 valence electrons. The molecule has 3 atom stereocenters. The summed E-state index contributed by atoms with van der Waals surface area (Å²) in [4.78, 5) is 12.6. The molecule has 1 aliphatic rings. The molecule has 1 aromatic rings. The van der Waals surface area contributed by atoms with E-state index in [1.165, 1.54) is 5.56 Å². The minimum atomic E-state index is -0.479. The van der Waals surface area contributed by atoms with Gasteiger partial charge in [-0.15, -0.1) is 6.58 Å². The zero-order valence-electron chi connectivity index (χ0n) is 13.3. The number of likely N-dealkylation sites (N-methyl/N-ethyl adjacent to an activating group) is 1. The Kier molecular flexibility index (Phi) is 4.52. The standard InChI is InChI=1S/C18H26NO2/c1-5-12-18(17(20)21-6-2)13-14-19(18,4)15(3)16-10-8-7-9-11-16/h5,7-11,15H,1,6,12-14H2,2-4H3/q+1/t15-,18+,19+/m0/s1. The second-order valence-electron chi connectivity index (χ2n) is 6.07. The van der Waals surface area contributed by atoms with Crippen LogP contribution in [0.2, 0.25) is 0 Å². The van der Waals surface area contributed by atoms with Crippen molar-refractivity contribution in [2.45, 2.75) is 38.3 Å². The van der Waals surface area contributed by atoms with Crippen molar-refractivity contribution in [2.24, 2.45) is 0 Å². The SMILES string of the molecule is C=CC[C@]1(C(=O)OCC)CC[N@+]1(C)[C@@H](C)c1ccccc1. The smallest absolute Gasteiger partial charge is 0.368 e. The molecule has 0 radical (unpaired) electrons. The molecule has 3 nitrogen and oxygen atoms in total. The van der Waals surface area contributed by atoms with E-state index in [1.54, 1.807) is 0 Å². The maximum atomic E-state index is 12.6. The molecule has 0 spiro atoms. The first-order valence-corrected chi connectivity index (χ1v) is 7.70. The van der Waals surface area contributed by atoms with E-state index in [2.05, 4.69) is 44.8 Å². The fourth-order valence-corrected chi connectivity index (χ4v) is 3.57. The van der Waals surface area contributed by atoms with Gasteiger partial charge in [0.1, 0.15) is 6.04 Å². The monoisotopic (exact) mass is 288 g/mol. The molecule has 1 saturated heterocycles. The molecule has 1 aromatic carbocycles. The number of benzene rings is 1. The van der Waals surface area contributed by atoms with E-state index in [1.807, 2.05) is 19.1 Å². The lowest BCUT2D eigenvalue weighted by atomic mass is 9.75. The van der Waals surface area contributed by atoms with Crippen LogP contribution in [0.15, 0.2) is 43.0 Å². The molecule has 0 aliphatic carbocycles. The Morgan fingerprint density at radius 1 is 1.48 bits per heavy atom. The third-order valence-electron chi connectivity index (χ3n) is 5.24. The van der Waals surface area contributed by atoms with Crippen molar-refractivity contribution >= 4 is 5.97 Å². The molecule has 1 heterocycles. The summed E-state index contributed by atoms with van der Waals surface area (Å²) in [5.41, 5.74) is 0.782. The van der Waals surface area contributed by atoms with E-state index in [4.69, 9.17) is 4.74 Å². The summed E-state index contributed by atoms with van der Waals surface area (Å²) < 4.78 is 6.08. The molecular weight excluding hydrogens is 262 g/mol. The van der Waals surface area contributed by atoms with Crippen molar-refractivity contribution in [1.29, 1.82) is 0 Å². The third-order valence-corrected chi connectivity index (χ3v) is 5.24. The van der Waals surface area contributed by atoms with Crippen molar-refractivity contribution in [3.8, 4) is 0 Å². The number of ether oxygens (including phenoxy) is 1. The number of carbonyl (C=O) groups is 1. The highest BCUT2D eigenvalue weighted by molar-refractivity contribution is 5.80. The lowest BCUT2D eigenvalue weighted by Crippen LogP contribution is -2.76. The molecule has 0 bridgehead atoms. The highest BCUT2D eigenvalue weighted by Gasteiger charge is 2.64. The van der Waals surface area contributed by atoms with E-state index < -0.39 is 5.54 Å². The maximum absolute atomic E-state index is 12.6. The van der Waals surface area contributed by atoms with E-state index in [-0.39, 0.29) is 12.0 Å². The molecule has 2 rings (SSSR count). The molecule has 0 unspecified atom stereocenters. The molecule has 3 heteroatoms. The van der Waals surface area contributed by atoms with Crippen molar-refractivity contribution in [2.75, 3.05) is 20.2 Å². The highest BCUT2D eigenvalue weighted by Crippen LogP contribution is 2.48. The van der Waals surface area contributed by atoms with E-state index in [0.717, 1.165) is 13.0 Å². The largest absolute Gasteiger partial charge is 0.461 e. The number of esters is 1. The van der Waals surface area contributed by atoms with Crippen molar-refractivity contribution < 1.29 is 14.0 Å². The van der Waals surface area contributed by atoms with Crippen LogP contribution in [0.4, 0.5) is 0 Å². The Hall–Kier alpha value is -1.61. The van der Waals surface area contributed by atoms with Crippen LogP contribution in [0, 0.1) is 0 Å². The zero-order valence-corrected chi connectivity index (χ0v) is 13.3. The van der Waals surface area contributed by atoms with Gasteiger partial charge in [0.05, 0.1) is 26.6 Å². The minimum Gasteiger partial charge on any atom is -0.461 e. The minimum absolute atomic E-state index is 0.0820. The van der Waals surface area contributed by atoms with Gasteiger partial charge >= 0.3 is 5.97 Å². The Bertz CT molecular complexity index is 513. The van der Waals surface area contributed by atoms with Crippen LogP contribution in [-0.2, 0) is 9.53 Å². The first kappa shape index (κ1) is 15.8. The molecule has 1 fully saturated rings. The van der Waals surface area contributed by atoms with Crippen LogP contribution >= 0.6 is 0 Å². The van der Waals surface area contributed by atoms with Gasteiger partial charge < -0.3 is 9.22 Å². The molecule has 0 N–H and O–H groups in total. The van der Waals surface area contributed by atoms with Crippen LogP contribution in [0.5, 0.6) is 0 Å². The number of nitrogens with zero attached hydrogens (tertiary/aromatic N) is 1. The first-order chi connectivity index (χ1) is 10.0. The lowest BCUT2D eigenvalue weighted by molar-refractivity contribution is -1.01. The number of quaternary nitrogens is 1. The molecule has 1 aliphatic heterocycles. The van der Waals surface area contributed by atoms with Crippen molar-refractivity contribution in [3.63, 3.8) is 0 Å². The van der Waals surface area contributed by atoms with Crippen LogP contribution in [0.25, 0.3) is 0 Å². The van der Waals surface area contributed by atoms with Gasteiger partial charge in [0, 0.05) is 12.0 Å². The summed E-state index contributed by atoms with van der Waals surface area (Å²) in [6, 6.07) is 10.7. The van der Waals surface area contributed by atoms with Gasteiger partial charge in [0.15, 0.2) is 0 Å². The summed E-state index contributed by atoms with van der Waals surface area (Å²) >= 11 is 0. The summed E-state index contributed by atoms with van der Waals surface area (Å²) in [6.07, 6.45) is 3.38. The van der Waals surface area contributed by atoms with Gasteiger partial charge in [-0.05, 0) is 13.8 Å². The molecular formula is C18H26NO2+. The Balaban J connectivity index is 2.35. The number of rotatable bonds is 6. The molecule has 0 aromatic heterocycles. The zero-order chi connectivity index (χ0) is 15.5. The number of carbonyl (C=O) groups excluding carboxylic acids is 1. The fourth-order valence-electron chi connectivity index (χ4n) is 3.57. The fraction of sp³-hybridized carbons (Fsp3) is 0.500. The summed E-state index contributed by atoms with van der Waals surface area (Å²) in [6.45, 7) is 9.33. The predicted octanol–water partition coefficient (Wildman–Crippen LogP) is 3.48. The number of hydrogen-bond donors (Lipinski definition) is 0. The van der Waals surface area contributed by atoms with Gasteiger partial charge in [-0.25, -0.2) is 4.79 Å². The number of hydrogen-bond acceptors (Lipinski definition) is 2. The van der Waals surface area contributed by atoms with Crippen LogP contribution in [-0.4, -0.2) is 36.2 Å². The second kappa shape index (κ2) is 6.02. The summed E-state index contributed by atoms with van der Waals surface area (Å²) in [5, 5.41) is 0. The second-order valence-corrected chi connectivity index (χ2v) is 6.07. The average Bonchev–Trinajstić information content (AvgIpc) is 2.50. The predicted molar refractivity (Wildman–Crippen MR) is 84.7 cm³/mol. The van der Waals surface area contributed by atoms with Crippen LogP contribution in [0.3, 0.4) is 0 Å². The third kappa shape index (κ3) is 2.40. The number of likely N-dealkylation sites (tertiary alicyclic amines) is 1. The van der Waals surface area contributed by atoms with E-state index >= 15 is 0 Å². The van der Waals surface area contributed by atoms with Crippen molar-refractivity contribution in [3.05, 3.63) is 48.6 Å². The maximum Gasteiger partial charge on any atom is 0.368 e. The van der Waals surface area contributed by atoms with Crippen LogP contribution < -0.4 is 0 Å². The Labute approximate surface area is 127 Å². The van der Waals surface area contributed by atoms with Gasteiger partial charge in [-0.1, -0.05) is 36.4 Å². The van der Waals surface area contributed by atoms with Gasteiger partial charge in [0.25, 0.3) is 0 Å². The van der Waals surface area contributed by atoms with Gasteiger partial charge in [-0.2, -0.15) is 0 Å². The average molecular weight is 288 g/mol. The van der Waals surface area contributed by atoms with E-state index in [0.29, 0.717) is 17.5 Å². The highest BCUT2D eigenvalue weighted by atomic mass is 16.5. The first-order valence-electron chi connectivity index (χ1n) is 7.70. The van der Waals surface area contributed by atoms with E-state index in [9.17, 15) is 4.79 Å².